The Bertz CT molecular complexity index is 575. The van der Waals surface area contributed by atoms with Crippen LogP contribution < -0.4 is 5.32 Å². The molecule has 0 fully saturated rings. The summed E-state index contributed by atoms with van der Waals surface area (Å²) in [4.78, 5) is 10.2. The van der Waals surface area contributed by atoms with Crippen molar-refractivity contribution in [2.45, 2.75) is 6.54 Å². The third-order valence-electron chi connectivity index (χ3n) is 2.30. The lowest BCUT2D eigenvalue weighted by atomic mass is 10.2. The van der Waals surface area contributed by atoms with Gasteiger partial charge in [-0.1, -0.05) is 11.6 Å². The summed E-state index contributed by atoms with van der Waals surface area (Å²) in [6.45, 7) is 0.423. The molecule has 4 nitrogen and oxygen atoms in total. The predicted molar refractivity (Wildman–Crippen MR) is 69.7 cm³/mol. The molecule has 94 valence electrons. The summed E-state index contributed by atoms with van der Waals surface area (Å²) in [5.74, 6) is -0.801. The van der Waals surface area contributed by atoms with Crippen LogP contribution in [0.4, 0.5) is 15.8 Å². The van der Waals surface area contributed by atoms with E-state index >= 15 is 0 Å². The van der Waals surface area contributed by atoms with Gasteiger partial charge in [-0.05, 0) is 28.5 Å². The van der Waals surface area contributed by atoms with Crippen molar-refractivity contribution in [1.82, 2.24) is 0 Å². The number of anilines is 1. The summed E-state index contributed by atoms with van der Waals surface area (Å²) >= 11 is 7.15. The first-order chi connectivity index (χ1) is 8.58. The van der Waals surface area contributed by atoms with Crippen LogP contribution in [0.5, 0.6) is 0 Å². The number of rotatable bonds is 4. The Kier molecular flexibility index (Phi) is 3.78. The van der Waals surface area contributed by atoms with Gasteiger partial charge in [-0.15, -0.1) is 0 Å². The van der Waals surface area contributed by atoms with Gasteiger partial charge in [-0.25, -0.2) is 4.39 Å². The number of halogens is 2. The van der Waals surface area contributed by atoms with Crippen molar-refractivity contribution in [3.63, 3.8) is 0 Å². The van der Waals surface area contributed by atoms with E-state index in [-0.39, 0.29) is 16.4 Å². The maximum Gasteiger partial charge on any atom is 0.295 e. The molecule has 0 saturated heterocycles. The van der Waals surface area contributed by atoms with E-state index in [1.54, 1.807) is 0 Å². The summed E-state index contributed by atoms with van der Waals surface area (Å²) in [6, 6.07) is 3.94. The van der Waals surface area contributed by atoms with Crippen molar-refractivity contribution < 1.29 is 9.31 Å². The van der Waals surface area contributed by atoms with E-state index in [1.807, 2.05) is 16.8 Å². The largest absolute Gasteiger partial charge is 0.375 e. The minimum absolute atomic E-state index is 0.145. The summed E-state index contributed by atoms with van der Waals surface area (Å²) in [6.07, 6.45) is 0. The second-order valence-corrected chi connectivity index (χ2v) is 4.71. The highest BCUT2D eigenvalue weighted by Gasteiger charge is 2.17. The molecule has 2 aromatic rings. The second kappa shape index (κ2) is 5.32. The number of thiophene rings is 1. The molecule has 0 spiro atoms. The van der Waals surface area contributed by atoms with Gasteiger partial charge in [0.15, 0.2) is 0 Å². The number of benzene rings is 1. The maximum atomic E-state index is 13.2. The molecule has 0 saturated carbocycles. The lowest BCUT2D eigenvalue weighted by Crippen LogP contribution is -2.02. The van der Waals surface area contributed by atoms with E-state index in [0.717, 1.165) is 11.6 Å². The van der Waals surface area contributed by atoms with E-state index in [0.29, 0.717) is 6.54 Å². The number of nitrogens with one attached hydrogen (secondary N) is 1. The molecule has 0 unspecified atom stereocenters. The Morgan fingerprint density at radius 3 is 2.89 bits per heavy atom. The summed E-state index contributed by atoms with van der Waals surface area (Å²) in [7, 11) is 0. The third kappa shape index (κ3) is 2.77. The average Bonchev–Trinajstić information content (AvgIpc) is 2.83. The van der Waals surface area contributed by atoms with Gasteiger partial charge in [0.05, 0.1) is 16.0 Å². The van der Waals surface area contributed by atoms with Gasteiger partial charge in [-0.3, -0.25) is 10.1 Å². The molecule has 1 aromatic heterocycles. The molecule has 1 aromatic carbocycles. The first-order valence-corrected chi connectivity index (χ1v) is 6.28. The van der Waals surface area contributed by atoms with E-state index in [4.69, 9.17) is 11.6 Å². The van der Waals surface area contributed by atoms with Crippen molar-refractivity contribution in [3.05, 3.63) is 55.5 Å². The zero-order chi connectivity index (χ0) is 13.1. The molecular weight excluding hydrogens is 279 g/mol. The van der Waals surface area contributed by atoms with Crippen LogP contribution in [0.25, 0.3) is 0 Å². The van der Waals surface area contributed by atoms with Gasteiger partial charge in [0, 0.05) is 6.54 Å². The smallest absolute Gasteiger partial charge is 0.295 e. The van der Waals surface area contributed by atoms with Crippen LogP contribution >= 0.6 is 22.9 Å². The number of hydrogen-bond acceptors (Lipinski definition) is 4. The van der Waals surface area contributed by atoms with Crippen LogP contribution in [-0.4, -0.2) is 4.92 Å². The highest BCUT2D eigenvalue weighted by atomic mass is 35.5. The maximum absolute atomic E-state index is 13.2. The monoisotopic (exact) mass is 286 g/mol. The van der Waals surface area contributed by atoms with Gasteiger partial charge in [0.2, 0.25) is 0 Å². The summed E-state index contributed by atoms with van der Waals surface area (Å²) in [5, 5.41) is 17.4. The molecule has 18 heavy (non-hydrogen) atoms. The fourth-order valence-corrected chi connectivity index (χ4v) is 2.25. The number of nitrogens with zero attached hydrogens (tertiary/aromatic N) is 1. The van der Waals surface area contributed by atoms with Gasteiger partial charge < -0.3 is 5.32 Å². The van der Waals surface area contributed by atoms with E-state index < -0.39 is 10.7 Å². The zero-order valence-electron chi connectivity index (χ0n) is 9.02. The fraction of sp³-hybridized carbons (Fsp3) is 0.0909. The standard InChI is InChI=1S/C11H8ClFN2O2S/c12-8-3-10(11(15(16)17)4-9(8)13)14-5-7-1-2-18-6-7/h1-4,6,14H,5H2. The Morgan fingerprint density at radius 1 is 1.50 bits per heavy atom. The molecular formula is C11H8ClFN2O2S. The molecule has 7 heteroatoms. The Hall–Kier alpha value is -1.66. The number of hydrogen-bond donors (Lipinski definition) is 1. The Balaban J connectivity index is 2.25. The lowest BCUT2D eigenvalue weighted by molar-refractivity contribution is -0.384. The van der Waals surface area contributed by atoms with Gasteiger partial charge in [0.1, 0.15) is 11.5 Å². The second-order valence-electron chi connectivity index (χ2n) is 3.53. The molecule has 0 radical (unpaired) electrons. The van der Waals surface area contributed by atoms with E-state index in [1.165, 1.54) is 17.4 Å². The van der Waals surface area contributed by atoms with Crippen molar-refractivity contribution in [2.75, 3.05) is 5.32 Å². The summed E-state index contributed by atoms with van der Waals surface area (Å²) in [5.41, 5.74) is 0.875. The zero-order valence-corrected chi connectivity index (χ0v) is 10.6. The van der Waals surface area contributed by atoms with Crippen LogP contribution in [0.2, 0.25) is 5.02 Å². The van der Waals surface area contributed by atoms with Gasteiger partial charge in [-0.2, -0.15) is 11.3 Å². The van der Waals surface area contributed by atoms with Crippen molar-refractivity contribution in [1.29, 1.82) is 0 Å². The van der Waals surface area contributed by atoms with Gasteiger partial charge >= 0.3 is 0 Å². The van der Waals surface area contributed by atoms with Crippen LogP contribution in [0.1, 0.15) is 5.56 Å². The van der Waals surface area contributed by atoms with Crippen LogP contribution in [0, 0.1) is 15.9 Å². The topological polar surface area (TPSA) is 55.2 Å². The Labute approximate surface area is 111 Å². The quantitative estimate of drug-likeness (QED) is 0.681. The van der Waals surface area contributed by atoms with E-state index in [9.17, 15) is 14.5 Å². The van der Waals surface area contributed by atoms with E-state index in [2.05, 4.69) is 5.32 Å². The molecule has 1 heterocycles. The van der Waals surface area contributed by atoms with Crippen LogP contribution in [0.15, 0.2) is 29.0 Å². The first kappa shape index (κ1) is 12.8. The normalized spacial score (nSPS) is 10.3. The van der Waals surface area contributed by atoms with Crippen molar-refractivity contribution >= 4 is 34.3 Å². The predicted octanol–water partition coefficient (Wildman–Crippen LogP) is 4.06. The van der Waals surface area contributed by atoms with Crippen LogP contribution in [-0.2, 0) is 6.54 Å². The minimum Gasteiger partial charge on any atom is -0.375 e. The average molecular weight is 287 g/mol. The highest BCUT2D eigenvalue weighted by Crippen LogP contribution is 2.30. The Morgan fingerprint density at radius 2 is 2.28 bits per heavy atom. The van der Waals surface area contributed by atoms with Crippen LogP contribution in [0.3, 0.4) is 0 Å². The molecule has 0 bridgehead atoms. The van der Waals surface area contributed by atoms with Crippen molar-refractivity contribution in [2.24, 2.45) is 0 Å². The van der Waals surface area contributed by atoms with Gasteiger partial charge in [0.25, 0.3) is 5.69 Å². The molecule has 0 amide bonds. The van der Waals surface area contributed by atoms with Crippen molar-refractivity contribution in [3.8, 4) is 0 Å². The number of nitro benzene ring substituents is 1. The molecule has 0 aliphatic carbocycles. The molecule has 0 atom stereocenters. The fourth-order valence-electron chi connectivity index (χ4n) is 1.42. The minimum atomic E-state index is -0.801. The lowest BCUT2D eigenvalue weighted by Gasteiger charge is -2.07. The molecule has 0 aliphatic rings. The number of nitro groups is 1. The third-order valence-corrected chi connectivity index (χ3v) is 3.32. The molecule has 2 rings (SSSR count). The summed E-state index contributed by atoms with van der Waals surface area (Å²) < 4.78 is 13.2. The SMILES string of the molecule is O=[N+]([O-])c1cc(F)c(Cl)cc1NCc1ccsc1. The highest BCUT2D eigenvalue weighted by molar-refractivity contribution is 7.07. The molecule has 0 aliphatic heterocycles. The first-order valence-electron chi connectivity index (χ1n) is 4.96. The molecule has 1 N–H and O–H groups in total.